The summed E-state index contributed by atoms with van der Waals surface area (Å²) >= 11 is 0. The highest BCUT2D eigenvalue weighted by molar-refractivity contribution is 7.92. The molecule has 2 amide bonds. The molecule has 9 heteroatoms. The molecular weight excluding hydrogens is 454 g/mol. The molecule has 8 nitrogen and oxygen atoms in total. The van der Waals surface area contributed by atoms with Gasteiger partial charge in [-0.25, -0.2) is 8.42 Å². The molecule has 0 atom stereocenters. The van der Waals surface area contributed by atoms with Crippen LogP contribution in [0.4, 0.5) is 11.4 Å². The Bertz CT molecular complexity index is 1230. The molecule has 34 heavy (non-hydrogen) atoms. The molecule has 0 bridgehead atoms. The Labute approximate surface area is 199 Å². The summed E-state index contributed by atoms with van der Waals surface area (Å²) in [7, 11) is -1.95. The zero-order valence-corrected chi connectivity index (χ0v) is 19.8. The number of hydrogen-bond acceptors (Lipinski definition) is 5. The van der Waals surface area contributed by atoms with Gasteiger partial charge in [-0.2, -0.15) is 0 Å². The van der Waals surface area contributed by atoms with Gasteiger partial charge in [-0.05, 0) is 42.0 Å². The van der Waals surface area contributed by atoms with Gasteiger partial charge in [0.15, 0.2) is 0 Å². The van der Waals surface area contributed by atoms with Gasteiger partial charge < -0.3 is 15.4 Å². The smallest absolute Gasteiger partial charge is 0.255 e. The van der Waals surface area contributed by atoms with Crippen molar-refractivity contribution in [2.24, 2.45) is 0 Å². The Morgan fingerprint density at radius 1 is 0.882 bits per heavy atom. The predicted molar refractivity (Wildman–Crippen MR) is 133 cm³/mol. The second kappa shape index (κ2) is 11.4. The van der Waals surface area contributed by atoms with E-state index in [1.807, 2.05) is 6.07 Å². The maximum absolute atomic E-state index is 12.8. The Hall–Kier alpha value is -3.69. The van der Waals surface area contributed by atoms with Crippen molar-refractivity contribution in [3.63, 3.8) is 0 Å². The number of anilines is 2. The second-order valence-electron chi connectivity index (χ2n) is 7.55. The molecule has 0 aliphatic carbocycles. The van der Waals surface area contributed by atoms with Gasteiger partial charge in [-0.1, -0.05) is 42.5 Å². The van der Waals surface area contributed by atoms with Crippen LogP contribution in [-0.4, -0.2) is 46.7 Å². The summed E-state index contributed by atoms with van der Waals surface area (Å²) in [5, 5.41) is 5.51. The Morgan fingerprint density at radius 3 is 2.18 bits per heavy atom. The van der Waals surface area contributed by atoms with Gasteiger partial charge in [-0.15, -0.1) is 0 Å². The van der Waals surface area contributed by atoms with E-state index in [0.717, 1.165) is 11.8 Å². The van der Waals surface area contributed by atoms with Gasteiger partial charge in [0.1, 0.15) is 0 Å². The molecule has 3 aromatic rings. The van der Waals surface area contributed by atoms with Crippen molar-refractivity contribution in [3.8, 4) is 0 Å². The highest BCUT2D eigenvalue weighted by atomic mass is 32.2. The van der Waals surface area contributed by atoms with E-state index in [0.29, 0.717) is 35.7 Å². The highest BCUT2D eigenvalue weighted by Gasteiger charge is 2.18. The first-order chi connectivity index (χ1) is 16.3. The summed E-state index contributed by atoms with van der Waals surface area (Å²) in [6, 6.07) is 22.2. The van der Waals surface area contributed by atoms with Crippen LogP contribution in [0.2, 0.25) is 0 Å². The normalized spacial score (nSPS) is 11.0. The number of carbonyl (C=O) groups excluding carboxylic acids is 2. The van der Waals surface area contributed by atoms with E-state index in [4.69, 9.17) is 4.74 Å². The van der Waals surface area contributed by atoms with Crippen molar-refractivity contribution >= 4 is 33.2 Å². The molecule has 0 saturated carbocycles. The summed E-state index contributed by atoms with van der Waals surface area (Å²) in [5.41, 5.74) is 2.40. The lowest BCUT2D eigenvalue weighted by molar-refractivity contribution is 0.0938. The van der Waals surface area contributed by atoms with Crippen LogP contribution in [0, 0.1) is 0 Å². The first-order valence-corrected chi connectivity index (χ1v) is 12.4. The van der Waals surface area contributed by atoms with E-state index in [-0.39, 0.29) is 18.4 Å². The SMILES string of the molecule is COCCNC(=O)c1ccccc1NC(=O)c1ccc(CN(c2ccccc2)S(C)(=O)=O)cc1. The highest BCUT2D eigenvalue weighted by Crippen LogP contribution is 2.21. The van der Waals surface area contributed by atoms with E-state index in [2.05, 4.69) is 10.6 Å². The van der Waals surface area contributed by atoms with Crippen molar-refractivity contribution < 1.29 is 22.7 Å². The minimum absolute atomic E-state index is 0.134. The molecule has 0 saturated heterocycles. The number of methoxy groups -OCH3 is 1. The molecule has 0 aliphatic rings. The van der Waals surface area contributed by atoms with Gasteiger partial charge in [0.25, 0.3) is 11.8 Å². The van der Waals surface area contributed by atoms with E-state index in [9.17, 15) is 18.0 Å². The summed E-state index contributed by atoms with van der Waals surface area (Å²) < 4.78 is 30.9. The molecule has 3 rings (SSSR count). The topological polar surface area (TPSA) is 105 Å². The third kappa shape index (κ3) is 6.66. The van der Waals surface area contributed by atoms with E-state index in [1.54, 1.807) is 79.9 Å². The first-order valence-electron chi connectivity index (χ1n) is 10.6. The molecule has 0 aromatic heterocycles. The van der Waals surface area contributed by atoms with Crippen molar-refractivity contribution in [1.82, 2.24) is 5.32 Å². The lowest BCUT2D eigenvalue weighted by atomic mass is 10.1. The van der Waals surface area contributed by atoms with Crippen LogP contribution in [0.5, 0.6) is 0 Å². The van der Waals surface area contributed by atoms with Crippen molar-refractivity contribution in [2.75, 3.05) is 36.1 Å². The van der Waals surface area contributed by atoms with Crippen LogP contribution in [0.15, 0.2) is 78.9 Å². The Morgan fingerprint density at radius 2 is 1.53 bits per heavy atom. The van der Waals surface area contributed by atoms with Gasteiger partial charge in [0.2, 0.25) is 10.0 Å². The summed E-state index contributed by atoms with van der Waals surface area (Å²) in [6.45, 7) is 0.870. The summed E-state index contributed by atoms with van der Waals surface area (Å²) in [5.74, 6) is -0.697. The molecular formula is C25H27N3O5S. The number of nitrogens with zero attached hydrogens (tertiary/aromatic N) is 1. The number of carbonyl (C=O) groups is 2. The zero-order valence-electron chi connectivity index (χ0n) is 19.0. The maximum Gasteiger partial charge on any atom is 0.255 e. The van der Waals surface area contributed by atoms with Gasteiger partial charge in [-0.3, -0.25) is 13.9 Å². The van der Waals surface area contributed by atoms with E-state index < -0.39 is 10.0 Å². The number of para-hydroxylation sites is 2. The predicted octanol–water partition coefficient (Wildman–Crippen LogP) is 3.28. The molecule has 3 aromatic carbocycles. The fourth-order valence-corrected chi connectivity index (χ4v) is 4.16. The summed E-state index contributed by atoms with van der Waals surface area (Å²) in [6.07, 6.45) is 1.16. The number of benzene rings is 3. The fraction of sp³-hybridized carbons (Fsp3) is 0.200. The molecule has 0 radical (unpaired) electrons. The molecule has 0 aliphatic heterocycles. The largest absolute Gasteiger partial charge is 0.383 e. The molecule has 0 unspecified atom stereocenters. The minimum Gasteiger partial charge on any atom is -0.383 e. The number of amides is 2. The number of nitrogens with one attached hydrogen (secondary N) is 2. The Balaban J connectivity index is 1.72. The molecule has 2 N–H and O–H groups in total. The van der Waals surface area contributed by atoms with Gasteiger partial charge >= 0.3 is 0 Å². The van der Waals surface area contributed by atoms with Crippen LogP contribution < -0.4 is 14.9 Å². The lowest BCUT2D eigenvalue weighted by Crippen LogP contribution is -2.29. The van der Waals surface area contributed by atoms with Crippen LogP contribution >= 0.6 is 0 Å². The fourth-order valence-electron chi connectivity index (χ4n) is 3.27. The van der Waals surface area contributed by atoms with Crippen LogP contribution in [0.25, 0.3) is 0 Å². The molecule has 0 spiro atoms. The van der Waals surface area contributed by atoms with E-state index >= 15 is 0 Å². The molecule has 0 fully saturated rings. The van der Waals surface area contributed by atoms with Gasteiger partial charge in [0.05, 0.1) is 36.3 Å². The molecule has 0 heterocycles. The zero-order chi connectivity index (χ0) is 24.6. The number of sulfonamides is 1. The average Bonchev–Trinajstić information content (AvgIpc) is 2.83. The van der Waals surface area contributed by atoms with Crippen molar-refractivity contribution in [1.29, 1.82) is 0 Å². The number of ether oxygens (including phenoxy) is 1. The second-order valence-corrected chi connectivity index (χ2v) is 9.46. The maximum atomic E-state index is 12.8. The monoisotopic (exact) mass is 481 g/mol. The van der Waals surface area contributed by atoms with Crippen LogP contribution in [0.3, 0.4) is 0 Å². The first kappa shape index (κ1) is 24.9. The lowest BCUT2D eigenvalue weighted by Gasteiger charge is -2.22. The molecule has 178 valence electrons. The standard InChI is InChI=1S/C25H27N3O5S/c1-33-17-16-26-25(30)22-10-6-7-11-23(22)27-24(29)20-14-12-19(13-15-20)18-28(34(2,31)32)21-8-4-3-5-9-21/h3-15H,16-18H2,1-2H3,(H,26,30)(H,27,29). The Kier molecular flexibility index (Phi) is 8.39. The van der Waals surface area contributed by atoms with Crippen molar-refractivity contribution in [3.05, 3.63) is 95.6 Å². The van der Waals surface area contributed by atoms with Crippen molar-refractivity contribution in [2.45, 2.75) is 6.54 Å². The number of rotatable bonds is 10. The summed E-state index contributed by atoms with van der Waals surface area (Å²) in [4.78, 5) is 25.2. The van der Waals surface area contributed by atoms with Gasteiger partial charge in [0, 0.05) is 19.2 Å². The van der Waals surface area contributed by atoms with E-state index in [1.165, 1.54) is 4.31 Å². The average molecular weight is 482 g/mol. The third-order valence-corrected chi connectivity index (χ3v) is 6.14. The quantitative estimate of drug-likeness (QED) is 0.433. The van der Waals surface area contributed by atoms with Crippen LogP contribution in [0.1, 0.15) is 26.3 Å². The minimum atomic E-state index is -3.50. The third-order valence-electron chi connectivity index (χ3n) is 5.00. The number of hydrogen-bond donors (Lipinski definition) is 2. The van der Waals surface area contributed by atoms with Crippen LogP contribution in [-0.2, 0) is 21.3 Å².